The number of aliphatic carboxylic acids is 1. The van der Waals surface area contributed by atoms with Crippen molar-refractivity contribution in [2.75, 3.05) is 12.5 Å². The number of ether oxygens (including phenoxy) is 1. The minimum Gasteiger partial charge on any atom is -0.475 e. The Hall–Kier alpha value is -5.59. The lowest BCUT2D eigenvalue weighted by Gasteiger charge is -2.28. The number of nitrogens with zero attached hydrogens (tertiary/aromatic N) is 1. The predicted octanol–water partition coefficient (Wildman–Crippen LogP) is 5.31. The van der Waals surface area contributed by atoms with Crippen LogP contribution in [-0.2, 0) is 40.4 Å². The van der Waals surface area contributed by atoms with Crippen LogP contribution in [0.2, 0.25) is 0 Å². The molecule has 0 spiro atoms. The number of hydrogen-bond donors (Lipinski definition) is 4. The molecule has 1 unspecified atom stereocenters. The lowest BCUT2D eigenvalue weighted by atomic mass is 10.2. The highest BCUT2D eigenvalue weighted by atomic mass is 32.2. The van der Waals surface area contributed by atoms with Gasteiger partial charge in [-0.3, -0.25) is 0 Å². The Morgan fingerprint density at radius 1 is 0.792 bits per heavy atom. The number of nitrogens with two attached hydrogens (primary N) is 2. The number of alkyl carbamates (subject to hydrolysis) is 1. The summed E-state index contributed by atoms with van der Waals surface area (Å²) in [5.41, 5.74) is 12.2. The van der Waals surface area contributed by atoms with Gasteiger partial charge in [0.1, 0.15) is 18.1 Å². The van der Waals surface area contributed by atoms with Crippen molar-refractivity contribution < 1.29 is 63.1 Å². The minimum absolute atomic E-state index is 0.0125. The van der Waals surface area contributed by atoms with Gasteiger partial charge in [-0.15, -0.1) is 0 Å². The van der Waals surface area contributed by atoms with Crippen molar-refractivity contribution in [3.05, 3.63) is 114 Å². The third kappa shape index (κ3) is 13.2. The van der Waals surface area contributed by atoms with Crippen LogP contribution in [0.5, 0.6) is 11.5 Å². The first-order chi connectivity index (χ1) is 24.6. The molecular weight excluding hydrogens is 768 g/mol. The molecule has 4 aromatic rings. The van der Waals surface area contributed by atoms with Crippen LogP contribution >= 0.6 is 7.60 Å². The Labute approximate surface area is 301 Å². The number of carbonyl (C=O) groups is 2. The van der Waals surface area contributed by atoms with Crippen molar-refractivity contribution in [3.63, 3.8) is 0 Å². The zero-order chi connectivity index (χ0) is 39.6. The number of rotatable bonds is 12. The van der Waals surface area contributed by atoms with E-state index in [-0.39, 0.29) is 39.4 Å². The first-order valence-corrected chi connectivity index (χ1v) is 20.0. The molecule has 1 amide bonds. The van der Waals surface area contributed by atoms with Gasteiger partial charge in [0, 0.05) is 12.5 Å². The van der Waals surface area contributed by atoms with Gasteiger partial charge in [-0.25, -0.2) is 36.0 Å². The Morgan fingerprint density at radius 2 is 1.23 bits per heavy atom. The molecule has 0 aliphatic rings. The molecule has 0 saturated carbocycles. The zero-order valence-corrected chi connectivity index (χ0v) is 30.2. The second-order valence-corrected chi connectivity index (χ2v) is 16.7. The van der Waals surface area contributed by atoms with E-state index in [1.807, 2.05) is 6.07 Å². The Morgan fingerprint density at radius 3 is 1.60 bits per heavy atom. The van der Waals surface area contributed by atoms with Gasteiger partial charge < -0.3 is 35.7 Å². The summed E-state index contributed by atoms with van der Waals surface area (Å²) in [6, 6.07) is 25.0. The number of carboxylic acid groups (broad SMARTS) is 1. The van der Waals surface area contributed by atoms with E-state index in [1.54, 1.807) is 24.3 Å². The van der Waals surface area contributed by atoms with Gasteiger partial charge in [0.2, 0.25) is 0 Å². The van der Waals surface area contributed by atoms with Gasteiger partial charge in [0.25, 0.3) is 0 Å². The summed E-state index contributed by atoms with van der Waals surface area (Å²) in [5.74, 6) is -4.57. The van der Waals surface area contributed by atoms with Crippen molar-refractivity contribution in [1.29, 1.82) is 0 Å². The lowest BCUT2D eigenvalue weighted by Crippen LogP contribution is -2.31. The number of alkyl halides is 3. The maximum atomic E-state index is 14.9. The van der Waals surface area contributed by atoms with Crippen molar-refractivity contribution >= 4 is 51.0 Å². The summed E-state index contributed by atoms with van der Waals surface area (Å²) < 4.78 is 112. The molecule has 4 rings (SSSR count). The molecular formula is C32H32F3N4O11PS2. The van der Waals surface area contributed by atoms with Gasteiger partial charge in [0.05, 0.1) is 15.5 Å². The molecule has 284 valence electrons. The van der Waals surface area contributed by atoms with E-state index in [2.05, 4.69) is 10.3 Å². The number of carboxylic acids is 1. The number of carbonyl (C=O) groups excluding carboxylic acids is 1. The Balaban J connectivity index is 0.000000980. The fourth-order valence-corrected chi connectivity index (χ4v) is 7.16. The third-order valence-electron chi connectivity index (χ3n) is 6.46. The van der Waals surface area contributed by atoms with Gasteiger partial charge in [-0.2, -0.15) is 13.2 Å². The largest absolute Gasteiger partial charge is 0.490 e. The highest BCUT2D eigenvalue weighted by Crippen LogP contribution is 2.59. The number of nitrogens with one attached hydrogen (secondary N) is 1. The van der Waals surface area contributed by atoms with E-state index in [9.17, 15) is 39.4 Å². The number of amides is 1. The van der Waals surface area contributed by atoms with Crippen molar-refractivity contribution in [3.8, 4) is 11.5 Å². The molecule has 6 N–H and O–H groups in total. The minimum atomic E-state index is -5.08. The van der Waals surface area contributed by atoms with Gasteiger partial charge >= 0.3 is 25.8 Å². The lowest BCUT2D eigenvalue weighted by molar-refractivity contribution is -0.192. The average molecular weight is 801 g/mol. The van der Waals surface area contributed by atoms with E-state index in [4.69, 9.17) is 35.2 Å². The van der Waals surface area contributed by atoms with E-state index in [0.29, 0.717) is 11.3 Å². The molecule has 0 fully saturated rings. The summed E-state index contributed by atoms with van der Waals surface area (Å²) in [4.78, 5) is 26.0. The molecule has 0 aliphatic carbocycles. The maximum Gasteiger partial charge on any atom is 0.490 e. The van der Waals surface area contributed by atoms with E-state index >= 15 is 0 Å². The fraction of sp³-hybridized carbons (Fsp3) is 0.156. The molecule has 0 bridgehead atoms. The number of hydrogen-bond acceptors (Lipinski definition) is 11. The highest BCUT2D eigenvalue weighted by molar-refractivity contribution is 7.91. The maximum absolute atomic E-state index is 14.9. The SMILES string of the molecule is CS(=O)(=O)c1ccc(OP(=O)(Oc2ccc(S(C)(=O)=O)cc2)C(NC(=O)OCc2ccccc2)c2ccc(N=C(N)N)cc2)cc1.O=C(O)C(F)(F)F. The second kappa shape index (κ2) is 17.3. The molecule has 0 aliphatic heterocycles. The molecule has 0 radical (unpaired) electrons. The number of halogens is 3. The summed E-state index contributed by atoms with van der Waals surface area (Å²) in [6.07, 6.45) is -3.98. The molecule has 4 aromatic carbocycles. The first kappa shape index (κ1) is 41.8. The molecule has 0 aromatic heterocycles. The Bertz CT molecular complexity index is 2100. The summed E-state index contributed by atoms with van der Waals surface area (Å²) >= 11 is 0. The monoisotopic (exact) mass is 800 g/mol. The van der Waals surface area contributed by atoms with Gasteiger partial charge in [-0.05, 0) is 71.8 Å². The fourth-order valence-electron chi connectivity index (χ4n) is 4.01. The topological polar surface area (TPSA) is 244 Å². The van der Waals surface area contributed by atoms with Crippen LogP contribution in [0.4, 0.5) is 23.7 Å². The zero-order valence-electron chi connectivity index (χ0n) is 27.6. The van der Waals surface area contributed by atoms with Crippen LogP contribution in [-0.4, -0.2) is 58.7 Å². The molecule has 0 saturated heterocycles. The molecule has 21 heteroatoms. The number of guanidine groups is 1. The molecule has 1 atom stereocenters. The van der Waals surface area contributed by atoms with Crippen LogP contribution in [0.25, 0.3) is 0 Å². The molecule has 15 nitrogen and oxygen atoms in total. The quantitative estimate of drug-likeness (QED) is 0.0808. The van der Waals surface area contributed by atoms with Crippen LogP contribution in [0.1, 0.15) is 16.9 Å². The van der Waals surface area contributed by atoms with Crippen molar-refractivity contribution in [1.82, 2.24) is 5.32 Å². The second-order valence-electron chi connectivity index (χ2n) is 10.7. The number of benzene rings is 4. The van der Waals surface area contributed by atoms with Crippen LogP contribution in [0.3, 0.4) is 0 Å². The van der Waals surface area contributed by atoms with Crippen molar-refractivity contribution in [2.45, 2.75) is 28.4 Å². The number of sulfone groups is 2. The standard InChI is InChI=1S/C30H31N4O9PS2.C2HF3O2/c1-45(37,38)26-16-12-24(13-17-26)42-44(36,43-25-14-18-27(19-15-25)46(2,39)40)28(22-8-10-23(11-9-22)33-29(31)32)34-30(35)41-20-21-6-4-3-5-7-21;3-2(4,5)1(6)7/h3-19,28H,20H2,1-2H3,(H,34,35)(H4,31,32,33);(H,6,7). The Kier molecular flexibility index (Phi) is 13.6. The normalized spacial score (nSPS) is 12.2. The van der Waals surface area contributed by atoms with Gasteiger partial charge in [0.15, 0.2) is 31.4 Å². The predicted molar refractivity (Wildman–Crippen MR) is 186 cm³/mol. The van der Waals surface area contributed by atoms with E-state index < -0.39 is 51.3 Å². The first-order valence-electron chi connectivity index (χ1n) is 14.6. The van der Waals surface area contributed by atoms with Crippen LogP contribution in [0, 0.1) is 0 Å². The van der Waals surface area contributed by atoms with Crippen LogP contribution in [0.15, 0.2) is 118 Å². The molecule has 53 heavy (non-hydrogen) atoms. The van der Waals surface area contributed by atoms with E-state index in [1.165, 1.54) is 72.8 Å². The average Bonchev–Trinajstić information content (AvgIpc) is 3.06. The van der Waals surface area contributed by atoms with Gasteiger partial charge in [-0.1, -0.05) is 42.5 Å². The van der Waals surface area contributed by atoms with Crippen molar-refractivity contribution in [2.24, 2.45) is 16.5 Å². The van der Waals surface area contributed by atoms with E-state index in [0.717, 1.165) is 12.5 Å². The highest BCUT2D eigenvalue weighted by Gasteiger charge is 2.43. The molecule has 0 heterocycles. The van der Waals surface area contributed by atoms with Crippen LogP contribution < -0.4 is 25.8 Å². The summed E-state index contributed by atoms with van der Waals surface area (Å²) in [6.45, 7) is -0.102. The summed E-state index contributed by atoms with van der Waals surface area (Å²) in [5, 5.41) is 9.69. The summed E-state index contributed by atoms with van der Waals surface area (Å²) in [7, 11) is -11.7. The smallest absolute Gasteiger partial charge is 0.475 e. The number of aliphatic imine (C=N–C) groups is 1. The third-order valence-corrected chi connectivity index (χ3v) is 10.7.